The lowest BCUT2D eigenvalue weighted by Gasteiger charge is -2.27. The number of aliphatic hydroxyl groups excluding tert-OH is 1. The van der Waals surface area contributed by atoms with Crippen molar-refractivity contribution in [2.24, 2.45) is 0 Å². The van der Waals surface area contributed by atoms with E-state index in [0.717, 1.165) is 43.0 Å². The Morgan fingerprint density at radius 3 is 2.76 bits per heavy atom. The third-order valence-corrected chi connectivity index (χ3v) is 4.61. The van der Waals surface area contributed by atoms with Crippen molar-refractivity contribution in [1.82, 2.24) is 19.7 Å². The first-order valence-electron chi connectivity index (χ1n) is 8.42. The fourth-order valence-electron chi connectivity index (χ4n) is 3.24. The lowest BCUT2D eigenvalue weighted by molar-refractivity contribution is 0.200. The van der Waals surface area contributed by atoms with E-state index >= 15 is 0 Å². The predicted octanol–water partition coefficient (Wildman–Crippen LogP) is 1.96. The standard InChI is InChI=1S/C19H21N5O/c20-19-15(7-4-8-21-19)12-23-9-10-24-16(13-23)11-17(22-24)18(25)14-5-2-1-3-6-14/h1-8,11,18,25H,9-10,12-13H2,(H2,20,21)/t18-/m0/s1. The van der Waals surface area contributed by atoms with E-state index in [4.69, 9.17) is 5.73 Å². The largest absolute Gasteiger partial charge is 0.383 e. The molecular weight excluding hydrogens is 314 g/mol. The zero-order valence-electron chi connectivity index (χ0n) is 13.9. The summed E-state index contributed by atoms with van der Waals surface area (Å²) in [6.45, 7) is 3.24. The van der Waals surface area contributed by atoms with Crippen LogP contribution in [0.4, 0.5) is 5.82 Å². The van der Waals surface area contributed by atoms with Crippen LogP contribution in [0.3, 0.4) is 0 Å². The van der Waals surface area contributed by atoms with Crippen molar-refractivity contribution < 1.29 is 5.11 Å². The maximum absolute atomic E-state index is 10.6. The Hall–Kier alpha value is -2.70. The molecule has 1 aromatic carbocycles. The molecule has 0 aliphatic carbocycles. The van der Waals surface area contributed by atoms with Crippen LogP contribution in [0.5, 0.6) is 0 Å². The minimum Gasteiger partial charge on any atom is -0.383 e. The lowest BCUT2D eigenvalue weighted by atomic mass is 10.1. The van der Waals surface area contributed by atoms with Crippen LogP contribution in [0, 0.1) is 0 Å². The highest BCUT2D eigenvalue weighted by atomic mass is 16.3. The predicted molar refractivity (Wildman–Crippen MR) is 95.5 cm³/mol. The van der Waals surface area contributed by atoms with E-state index in [1.807, 2.05) is 53.2 Å². The highest BCUT2D eigenvalue weighted by molar-refractivity contribution is 5.38. The molecule has 6 heteroatoms. The summed E-state index contributed by atoms with van der Waals surface area (Å²) in [5.41, 5.74) is 9.66. The molecule has 3 N–H and O–H groups in total. The molecule has 1 aliphatic heterocycles. The highest BCUT2D eigenvalue weighted by Crippen LogP contribution is 2.24. The molecule has 3 heterocycles. The van der Waals surface area contributed by atoms with Gasteiger partial charge in [-0.2, -0.15) is 5.10 Å². The van der Waals surface area contributed by atoms with Crippen molar-refractivity contribution in [3.8, 4) is 0 Å². The Morgan fingerprint density at radius 1 is 1.12 bits per heavy atom. The van der Waals surface area contributed by atoms with E-state index in [1.54, 1.807) is 6.20 Å². The Kier molecular flexibility index (Phi) is 4.21. The summed E-state index contributed by atoms with van der Waals surface area (Å²) >= 11 is 0. The van der Waals surface area contributed by atoms with Crippen LogP contribution in [-0.4, -0.2) is 31.3 Å². The van der Waals surface area contributed by atoms with E-state index in [1.165, 1.54) is 0 Å². The van der Waals surface area contributed by atoms with Crippen molar-refractivity contribution in [1.29, 1.82) is 0 Å². The number of nitrogens with zero attached hydrogens (tertiary/aromatic N) is 4. The number of hydrogen-bond acceptors (Lipinski definition) is 5. The molecule has 25 heavy (non-hydrogen) atoms. The fraction of sp³-hybridized carbons (Fsp3) is 0.263. The van der Waals surface area contributed by atoms with E-state index in [9.17, 15) is 5.11 Å². The van der Waals surface area contributed by atoms with Gasteiger partial charge in [-0.25, -0.2) is 4.98 Å². The molecule has 3 aromatic rings. The zero-order chi connectivity index (χ0) is 17.2. The molecular formula is C19H21N5O. The molecule has 0 unspecified atom stereocenters. The summed E-state index contributed by atoms with van der Waals surface area (Å²) in [5, 5.41) is 15.2. The number of nitrogen functional groups attached to an aromatic ring is 1. The SMILES string of the molecule is Nc1ncccc1CN1CCn2nc([C@@H](O)c3ccccc3)cc2C1. The van der Waals surface area contributed by atoms with Crippen LogP contribution in [0.25, 0.3) is 0 Å². The summed E-state index contributed by atoms with van der Waals surface area (Å²) in [6.07, 6.45) is 1.02. The van der Waals surface area contributed by atoms with Gasteiger partial charge in [0.05, 0.1) is 17.9 Å². The van der Waals surface area contributed by atoms with Crippen molar-refractivity contribution in [2.75, 3.05) is 12.3 Å². The fourth-order valence-corrected chi connectivity index (χ4v) is 3.24. The molecule has 0 amide bonds. The van der Waals surface area contributed by atoms with Gasteiger partial charge in [0.1, 0.15) is 11.9 Å². The molecule has 0 fully saturated rings. The number of aliphatic hydroxyl groups is 1. The van der Waals surface area contributed by atoms with Gasteiger partial charge in [-0.15, -0.1) is 0 Å². The molecule has 2 aromatic heterocycles. The van der Waals surface area contributed by atoms with Gasteiger partial charge in [0, 0.05) is 31.4 Å². The number of nitrogens with two attached hydrogens (primary N) is 1. The minimum atomic E-state index is -0.693. The van der Waals surface area contributed by atoms with Gasteiger partial charge in [-0.3, -0.25) is 9.58 Å². The van der Waals surface area contributed by atoms with E-state index in [-0.39, 0.29) is 0 Å². The number of aromatic nitrogens is 3. The second-order valence-electron chi connectivity index (χ2n) is 6.36. The number of pyridine rings is 1. The van der Waals surface area contributed by atoms with Crippen molar-refractivity contribution in [3.05, 3.63) is 77.2 Å². The first kappa shape index (κ1) is 15.8. The molecule has 0 spiro atoms. The van der Waals surface area contributed by atoms with Gasteiger partial charge >= 0.3 is 0 Å². The Bertz CT molecular complexity index is 861. The summed E-state index contributed by atoms with van der Waals surface area (Å²) in [7, 11) is 0. The van der Waals surface area contributed by atoms with Gasteiger partial charge < -0.3 is 10.8 Å². The first-order chi connectivity index (χ1) is 12.2. The summed E-state index contributed by atoms with van der Waals surface area (Å²) in [6, 6.07) is 15.5. The quantitative estimate of drug-likeness (QED) is 0.762. The third kappa shape index (κ3) is 3.26. The van der Waals surface area contributed by atoms with Gasteiger partial charge in [0.25, 0.3) is 0 Å². The lowest BCUT2D eigenvalue weighted by Crippen LogP contribution is -2.33. The average molecular weight is 335 g/mol. The molecule has 0 saturated carbocycles. The topological polar surface area (TPSA) is 80.2 Å². The number of rotatable bonds is 4. The van der Waals surface area contributed by atoms with Crippen molar-refractivity contribution >= 4 is 5.82 Å². The molecule has 1 atom stereocenters. The van der Waals surface area contributed by atoms with Crippen molar-refractivity contribution in [2.45, 2.75) is 25.7 Å². The normalized spacial score (nSPS) is 15.7. The van der Waals surface area contributed by atoms with Crippen LogP contribution < -0.4 is 5.73 Å². The Morgan fingerprint density at radius 2 is 1.96 bits per heavy atom. The number of benzene rings is 1. The van der Waals surface area contributed by atoms with Gasteiger partial charge in [-0.1, -0.05) is 36.4 Å². The van der Waals surface area contributed by atoms with E-state index in [0.29, 0.717) is 11.5 Å². The summed E-state index contributed by atoms with van der Waals surface area (Å²) < 4.78 is 1.99. The Labute approximate surface area is 146 Å². The molecule has 0 bridgehead atoms. The second-order valence-corrected chi connectivity index (χ2v) is 6.36. The van der Waals surface area contributed by atoms with Crippen LogP contribution >= 0.6 is 0 Å². The van der Waals surface area contributed by atoms with Crippen LogP contribution in [0.2, 0.25) is 0 Å². The van der Waals surface area contributed by atoms with Gasteiger partial charge in [0.15, 0.2) is 0 Å². The minimum absolute atomic E-state index is 0.585. The van der Waals surface area contributed by atoms with Crippen LogP contribution in [0.15, 0.2) is 54.7 Å². The van der Waals surface area contributed by atoms with E-state index < -0.39 is 6.10 Å². The van der Waals surface area contributed by atoms with Gasteiger partial charge in [0.2, 0.25) is 0 Å². The van der Waals surface area contributed by atoms with Crippen LogP contribution in [-0.2, 0) is 19.6 Å². The van der Waals surface area contributed by atoms with Gasteiger partial charge in [-0.05, 0) is 17.7 Å². The molecule has 6 nitrogen and oxygen atoms in total. The molecule has 0 saturated heterocycles. The molecule has 0 radical (unpaired) electrons. The molecule has 128 valence electrons. The Balaban J connectivity index is 1.50. The first-order valence-corrected chi connectivity index (χ1v) is 8.42. The number of anilines is 1. The maximum atomic E-state index is 10.6. The highest BCUT2D eigenvalue weighted by Gasteiger charge is 2.22. The average Bonchev–Trinajstić information content (AvgIpc) is 3.07. The number of fused-ring (bicyclic) bond motifs is 1. The van der Waals surface area contributed by atoms with Crippen LogP contribution in [0.1, 0.15) is 28.6 Å². The van der Waals surface area contributed by atoms with Crippen molar-refractivity contribution in [3.63, 3.8) is 0 Å². The maximum Gasteiger partial charge on any atom is 0.127 e. The molecule has 1 aliphatic rings. The third-order valence-electron chi connectivity index (χ3n) is 4.61. The second kappa shape index (κ2) is 6.66. The summed E-state index contributed by atoms with van der Waals surface area (Å²) in [5.74, 6) is 0.585. The molecule has 4 rings (SSSR count). The smallest absolute Gasteiger partial charge is 0.127 e. The summed E-state index contributed by atoms with van der Waals surface area (Å²) in [4.78, 5) is 6.47. The van der Waals surface area contributed by atoms with E-state index in [2.05, 4.69) is 15.0 Å². The number of hydrogen-bond donors (Lipinski definition) is 2. The monoisotopic (exact) mass is 335 g/mol. The zero-order valence-corrected chi connectivity index (χ0v) is 13.9.